The molecule has 0 amide bonds. The van der Waals surface area contributed by atoms with E-state index in [0.717, 1.165) is 23.3 Å². The van der Waals surface area contributed by atoms with Crippen molar-refractivity contribution in [3.05, 3.63) is 81.7 Å². The first-order valence-electron chi connectivity index (χ1n) is 7.94. The summed E-state index contributed by atoms with van der Waals surface area (Å²) < 4.78 is 38.1. The van der Waals surface area contributed by atoms with Crippen molar-refractivity contribution in [2.75, 3.05) is 0 Å². The molecule has 7 heteroatoms. The van der Waals surface area contributed by atoms with Crippen molar-refractivity contribution in [2.24, 2.45) is 0 Å². The van der Waals surface area contributed by atoms with Gasteiger partial charge in [-0.2, -0.15) is 13.2 Å². The third-order valence-electron chi connectivity index (χ3n) is 4.15. The first kappa shape index (κ1) is 17.8. The maximum Gasteiger partial charge on any atom is 0.416 e. The molecular weight excluding hydrogens is 343 g/mol. The highest BCUT2D eigenvalue weighted by atomic mass is 19.4. The van der Waals surface area contributed by atoms with E-state index in [1.54, 1.807) is 19.3 Å². The molecule has 3 aromatic rings. The third-order valence-corrected chi connectivity index (χ3v) is 4.15. The Morgan fingerprint density at radius 1 is 1.04 bits per heavy atom. The standard InChI is InChI=1S/C19H16F3N3O/c1-11(13-3-5-16(6-4-13)19(20,21)22)14-7-15(10-23-9-14)17-8-18(26)25-12(2)24-17/h3-11H,1-2H3,(H,24,25,26). The Hall–Kier alpha value is -2.96. The molecule has 0 aliphatic rings. The topological polar surface area (TPSA) is 58.6 Å². The van der Waals surface area contributed by atoms with Crippen molar-refractivity contribution in [1.82, 2.24) is 15.0 Å². The molecule has 1 N–H and O–H groups in total. The fraction of sp³-hybridized carbons (Fsp3) is 0.211. The number of rotatable bonds is 3. The lowest BCUT2D eigenvalue weighted by Gasteiger charge is -2.14. The molecular formula is C19H16F3N3O. The highest BCUT2D eigenvalue weighted by Gasteiger charge is 2.30. The summed E-state index contributed by atoms with van der Waals surface area (Å²) in [6.45, 7) is 3.58. The van der Waals surface area contributed by atoms with Gasteiger partial charge in [0.05, 0.1) is 11.3 Å². The van der Waals surface area contributed by atoms with Crippen LogP contribution in [-0.2, 0) is 6.18 Å². The number of halogens is 3. The van der Waals surface area contributed by atoms with Crippen LogP contribution in [-0.4, -0.2) is 15.0 Å². The van der Waals surface area contributed by atoms with Gasteiger partial charge in [-0.15, -0.1) is 0 Å². The Kier molecular flexibility index (Phi) is 4.63. The van der Waals surface area contributed by atoms with Crippen LogP contribution in [0.2, 0.25) is 0 Å². The first-order valence-corrected chi connectivity index (χ1v) is 7.94. The molecule has 0 bridgehead atoms. The minimum Gasteiger partial charge on any atom is -0.311 e. The average molecular weight is 359 g/mol. The van der Waals surface area contributed by atoms with Gasteiger partial charge < -0.3 is 4.98 Å². The van der Waals surface area contributed by atoms with E-state index in [1.807, 2.05) is 13.0 Å². The number of nitrogens with zero attached hydrogens (tertiary/aromatic N) is 2. The van der Waals surface area contributed by atoms with E-state index >= 15 is 0 Å². The molecule has 0 saturated carbocycles. The van der Waals surface area contributed by atoms with E-state index < -0.39 is 11.7 Å². The highest BCUT2D eigenvalue weighted by Crippen LogP contribution is 2.32. The number of aromatic amines is 1. The zero-order valence-corrected chi connectivity index (χ0v) is 14.1. The second-order valence-electron chi connectivity index (χ2n) is 6.06. The fourth-order valence-corrected chi connectivity index (χ4v) is 2.72. The van der Waals surface area contributed by atoms with E-state index in [2.05, 4.69) is 15.0 Å². The highest BCUT2D eigenvalue weighted by molar-refractivity contribution is 5.58. The lowest BCUT2D eigenvalue weighted by molar-refractivity contribution is -0.137. The summed E-state index contributed by atoms with van der Waals surface area (Å²) >= 11 is 0. The zero-order chi connectivity index (χ0) is 18.9. The Bertz CT molecular complexity index is 978. The summed E-state index contributed by atoms with van der Waals surface area (Å²) in [5.41, 5.74) is 1.81. The van der Waals surface area contributed by atoms with Gasteiger partial charge in [-0.25, -0.2) is 4.98 Å². The molecule has 0 aliphatic heterocycles. The van der Waals surface area contributed by atoms with Crippen LogP contribution in [0.15, 0.2) is 53.6 Å². The number of aromatic nitrogens is 3. The summed E-state index contributed by atoms with van der Waals surface area (Å²) in [7, 11) is 0. The van der Waals surface area contributed by atoms with Crippen LogP contribution < -0.4 is 5.56 Å². The van der Waals surface area contributed by atoms with Gasteiger partial charge in [0.15, 0.2) is 0 Å². The Morgan fingerprint density at radius 3 is 2.35 bits per heavy atom. The number of H-pyrrole nitrogens is 1. The number of aryl methyl sites for hydroxylation is 1. The molecule has 1 unspecified atom stereocenters. The van der Waals surface area contributed by atoms with Gasteiger partial charge in [-0.05, 0) is 36.2 Å². The van der Waals surface area contributed by atoms with Crippen LogP contribution in [0.3, 0.4) is 0 Å². The van der Waals surface area contributed by atoms with Crippen molar-refractivity contribution in [3.8, 4) is 11.3 Å². The average Bonchev–Trinajstić information content (AvgIpc) is 2.60. The lowest BCUT2D eigenvalue weighted by Crippen LogP contribution is -2.08. The Balaban J connectivity index is 1.93. The second-order valence-corrected chi connectivity index (χ2v) is 6.06. The van der Waals surface area contributed by atoms with Gasteiger partial charge in [0.2, 0.25) is 0 Å². The van der Waals surface area contributed by atoms with Crippen molar-refractivity contribution in [1.29, 1.82) is 0 Å². The number of hydrogen-bond acceptors (Lipinski definition) is 3. The number of pyridine rings is 1. The number of hydrogen-bond donors (Lipinski definition) is 1. The molecule has 0 fully saturated rings. The van der Waals surface area contributed by atoms with Crippen molar-refractivity contribution in [3.63, 3.8) is 0 Å². The molecule has 0 saturated heterocycles. The van der Waals surface area contributed by atoms with Gasteiger partial charge in [0.25, 0.3) is 5.56 Å². The number of nitrogens with one attached hydrogen (secondary N) is 1. The minimum absolute atomic E-state index is 0.159. The predicted octanol–water partition coefficient (Wildman–Crippen LogP) is 4.31. The van der Waals surface area contributed by atoms with Gasteiger partial charge in [-0.1, -0.05) is 19.1 Å². The van der Waals surface area contributed by atoms with E-state index in [4.69, 9.17) is 0 Å². The van der Waals surface area contributed by atoms with Crippen LogP contribution in [0.4, 0.5) is 13.2 Å². The van der Waals surface area contributed by atoms with Crippen LogP contribution >= 0.6 is 0 Å². The smallest absolute Gasteiger partial charge is 0.311 e. The fourth-order valence-electron chi connectivity index (χ4n) is 2.72. The molecule has 134 valence electrons. The van der Waals surface area contributed by atoms with Crippen LogP contribution in [0.5, 0.6) is 0 Å². The Labute approximate surface area is 147 Å². The molecule has 26 heavy (non-hydrogen) atoms. The normalized spacial score (nSPS) is 12.8. The zero-order valence-electron chi connectivity index (χ0n) is 14.1. The largest absolute Gasteiger partial charge is 0.416 e. The maximum absolute atomic E-state index is 12.7. The first-order chi connectivity index (χ1) is 12.2. The molecule has 2 aromatic heterocycles. The monoisotopic (exact) mass is 359 g/mol. The summed E-state index contributed by atoms with van der Waals surface area (Å²) in [6, 6.07) is 8.31. The third kappa shape index (κ3) is 3.82. The van der Waals surface area contributed by atoms with Gasteiger partial charge in [0, 0.05) is 29.9 Å². The summed E-state index contributed by atoms with van der Waals surface area (Å²) in [5, 5.41) is 0. The number of benzene rings is 1. The molecule has 1 atom stereocenters. The van der Waals surface area contributed by atoms with Gasteiger partial charge >= 0.3 is 6.18 Å². The minimum atomic E-state index is -4.35. The van der Waals surface area contributed by atoms with Crippen molar-refractivity contribution in [2.45, 2.75) is 25.9 Å². The Morgan fingerprint density at radius 2 is 1.73 bits per heavy atom. The molecule has 4 nitrogen and oxygen atoms in total. The molecule has 1 aromatic carbocycles. The lowest BCUT2D eigenvalue weighted by atomic mass is 9.92. The van der Waals surface area contributed by atoms with E-state index in [9.17, 15) is 18.0 Å². The molecule has 0 aliphatic carbocycles. The van der Waals surface area contributed by atoms with E-state index in [-0.39, 0.29) is 11.5 Å². The van der Waals surface area contributed by atoms with Crippen molar-refractivity contribution < 1.29 is 13.2 Å². The quantitative estimate of drug-likeness (QED) is 0.758. The maximum atomic E-state index is 12.7. The summed E-state index contributed by atoms with van der Waals surface area (Å²) in [4.78, 5) is 22.7. The predicted molar refractivity (Wildman–Crippen MR) is 91.8 cm³/mol. The molecule has 0 radical (unpaired) electrons. The summed E-state index contributed by atoms with van der Waals surface area (Å²) in [6.07, 6.45) is -1.09. The summed E-state index contributed by atoms with van der Waals surface area (Å²) in [5.74, 6) is 0.335. The van der Waals surface area contributed by atoms with Crippen LogP contribution in [0.1, 0.15) is 35.4 Å². The van der Waals surface area contributed by atoms with E-state index in [1.165, 1.54) is 18.2 Å². The number of alkyl halides is 3. The van der Waals surface area contributed by atoms with Gasteiger partial charge in [-0.3, -0.25) is 9.78 Å². The van der Waals surface area contributed by atoms with Crippen LogP contribution in [0.25, 0.3) is 11.3 Å². The SMILES string of the molecule is Cc1nc(-c2cncc(C(C)c3ccc(C(F)(F)F)cc3)c2)cc(=O)[nH]1. The van der Waals surface area contributed by atoms with E-state index in [0.29, 0.717) is 17.1 Å². The molecule has 3 rings (SSSR count). The molecule has 0 spiro atoms. The second kappa shape index (κ2) is 6.74. The van der Waals surface area contributed by atoms with Crippen LogP contribution in [0, 0.1) is 6.92 Å². The van der Waals surface area contributed by atoms with Crippen molar-refractivity contribution >= 4 is 0 Å². The van der Waals surface area contributed by atoms with Gasteiger partial charge in [0.1, 0.15) is 5.82 Å². The molecule has 2 heterocycles.